The third-order valence-corrected chi connectivity index (χ3v) is 2.60. The molecule has 1 rings (SSSR count). The first-order valence-electron chi connectivity index (χ1n) is 5.27. The monoisotopic (exact) mass is 201 g/mol. The molecule has 1 N–H and O–H groups in total. The van der Waals surface area contributed by atoms with E-state index in [0.29, 0.717) is 19.3 Å². The molecule has 1 heterocycles. The molecular formula is C10H19NO3. The Kier molecular flexibility index (Phi) is 4.90. The Morgan fingerprint density at radius 3 is 3.00 bits per heavy atom. The minimum absolute atomic E-state index is 0.151. The quantitative estimate of drug-likeness (QED) is 0.720. The van der Waals surface area contributed by atoms with Crippen molar-refractivity contribution in [1.82, 2.24) is 4.90 Å². The van der Waals surface area contributed by atoms with Crippen LogP contribution in [0.5, 0.6) is 0 Å². The van der Waals surface area contributed by atoms with Gasteiger partial charge in [0.15, 0.2) is 0 Å². The SMILES string of the molecule is CCOC[C@@H]1CCCCN1CC(=O)O. The molecule has 82 valence electrons. The highest BCUT2D eigenvalue weighted by Crippen LogP contribution is 2.16. The summed E-state index contributed by atoms with van der Waals surface area (Å²) >= 11 is 0. The molecule has 0 aliphatic carbocycles. The molecule has 1 saturated heterocycles. The summed E-state index contributed by atoms with van der Waals surface area (Å²) in [6.45, 7) is 4.38. The van der Waals surface area contributed by atoms with Gasteiger partial charge in [-0.3, -0.25) is 9.69 Å². The van der Waals surface area contributed by atoms with E-state index in [1.807, 2.05) is 11.8 Å². The summed E-state index contributed by atoms with van der Waals surface area (Å²) in [5, 5.41) is 8.73. The molecule has 0 aromatic rings. The highest BCUT2D eigenvalue weighted by Gasteiger charge is 2.23. The summed E-state index contributed by atoms with van der Waals surface area (Å²) in [6, 6.07) is 0.305. The van der Waals surface area contributed by atoms with Crippen molar-refractivity contribution in [3.8, 4) is 0 Å². The van der Waals surface area contributed by atoms with Gasteiger partial charge in [0.05, 0.1) is 13.2 Å². The molecule has 0 spiro atoms. The van der Waals surface area contributed by atoms with Crippen LogP contribution >= 0.6 is 0 Å². The van der Waals surface area contributed by atoms with Crippen molar-refractivity contribution in [3.63, 3.8) is 0 Å². The fourth-order valence-corrected chi connectivity index (χ4v) is 1.88. The lowest BCUT2D eigenvalue weighted by molar-refractivity contribution is -0.139. The van der Waals surface area contributed by atoms with Gasteiger partial charge < -0.3 is 9.84 Å². The molecule has 0 bridgehead atoms. The Hall–Kier alpha value is -0.610. The number of nitrogens with zero attached hydrogens (tertiary/aromatic N) is 1. The molecule has 1 aliphatic rings. The number of likely N-dealkylation sites (tertiary alicyclic amines) is 1. The van der Waals surface area contributed by atoms with Crippen LogP contribution in [0.4, 0.5) is 0 Å². The van der Waals surface area contributed by atoms with Crippen LogP contribution in [0.3, 0.4) is 0 Å². The van der Waals surface area contributed by atoms with Gasteiger partial charge in [-0.05, 0) is 26.3 Å². The summed E-state index contributed by atoms with van der Waals surface area (Å²) in [6.07, 6.45) is 3.36. The standard InChI is InChI=1S/C10H19NO3/c1-2-14-8-9-5-3-4-6-11(9)7-10(12)13/h9H,2-8H2,1H3,(H,12,13)/t9-/m0/s1. The maximum absolute atomic E-state index is 10.6. The van der Waals surface area contributed by atoms with Gasteiger partial charge in [-0.15, -0.1) is 0 Å². The molecule has 0 aromatic heterocycles. The summed E-state index contributed by atoms with van der Waals surface area (Å²) in [4.78, 5) is 12.6. The van der Waals surface area contributed by atoms with Crippen LogP contribution in [0.2, 0.25) is 0 Å². The molecule has 0 aromatic carbocycles. The molecule has 1 fully saturated rings. The van der Waals surface area contributed by atoms with Crippen LogP contribution in [0.25, 0.3) is 0 Å². The lowest BCUT2D eigenvalue weighted by atomic mass is 10.0. The smallest absolute Gasteiger partial charge is 0.317 e. The van der Waals surface area contributed by atoms with E-state index < -0.39 is 5.97 Å². The highest BCUT2D eigenvalue weighted by atomic mass is 16.5. The lowest BCUT2D eigenvalue weighted by Gasteiger charge is -2.34. The number of hydrogen-bond donors (Lipinski definition) is 1. The number of carbonyl (C=O) groups is 1. The van der Waals surface area contributed by atoms with Crippen LogP contribution < -0.4 is 0 Å². The number of carboxylic acid groups (broad SMARTS) is 1. The third kappa shape index (κ3) is 3.64. The van der Waals surface area contributed by atoms with Crippen LogP contribution in [-0.2, 0) is 9.53 Å². The minimum Gasteiger partial charge on any atom is -0.480 e. The zero-order chi connectivity index (χ0) is 10.4. The predicted molar refractivity (Wildman–Crippen MR) is 53.3 cm³/mol. The van der Waals surface area contributed by atoms with Crippen molar-refractivity contribution in [2.45, 2.75) is 32.2 Å². The Balaban J connectivity index is 2.37. The molecule has 0 saturated carbocycles. The normalized spacial score (nSPS) is 23.6. The minimum atomic E-state index is -0.742. The summed E-state index contributed by atoms with van der Waals surface area (Å²) < 4.78 is 5.35. The van der Waals surface area contributed by atoms with Gasteiger partial charge in [-0.25, -0.2) is 0 Å². The fraction of sp³-hybridized carbons (Fsp3) is 0.900. The molecule has 14 heavy (non-hydrogen) atoms. The van der Waals surface area contributed by atoms with Gasteiger partial charge in [-0.1, -0.05) is 6.42 Å². The average molecular weight is 201 g/mol. The summed E-state index contributed by atoms with van der Waals surface area (Å²) in [5.74, 6) is -0.742. The largest absolute Gasteiger partial charge is 0.480 e. The number of aliphatic carboxylic acids is 1. The van der Waals surface area contributed by atoms with Crippen molar-refractivity contribution >= 4 is 5.97 Å². The zero-order valence-corrected chi connectivity index (χ0v) is 8.74. The van der Waals surface area contributed by atoms with E-state index in [1.165, 1.54) is 6.42 Å². The van der Waals surface area contributed by atoms with Gasteiger partial charge >= 0.3 is 5.97 Å². The van der Waals surface area contributed by atoms with Gasteiger partial charge in [0.2, 0.25) is 0 Å². The molecule has 1 atom stereocenters. The van der Waals surface area contributed by atoms with E-state index in [2.05, 4.69) is 0 Å². The third-order valence-electron chi connectivity index (χ3n) is 2.60. The van der Waals surface area contributed by atoms with Gasteiger partial charge in [0.25, 0.3) is 0 Å². The zero-order valence-electron chi connectivity index (χ0n) is 8.74. The van der Waals surface area contributed by atoms with Crippen molar-refractivity contribution in [1.29, 1.82) is 0 Å². The molecule has 4 nitrogen and oxygen atoms in total. The van der Waals surface area contributed by atoms with Gasteiger partial charge in [0.1, 0.15) is 0 Å². The van der Waals surface area contributed by atoms with Crippen LogP contribution in [0.1, 0.15) is 26.2 Å². The number of rotatable bonds is 5. The van der Waals surface area contributed by atoms with E-state index >= 15 is 0 Å². The predicted octanol–water partition coefficient (Wildman–Crippen LogP) is 0.962. The topological polar surface area (TPSA) is 49.8 Å². The number of piperidine rings is 1. The van der Waals surface area contributed by atoms with E-state index in [1.54, 1.807) is 0 Å². The van der Waals surface area contributed by atoms with Gasteiger partial charge in [-0.2, -0.15) is 0 Å². The number of hydrogen-bond acceptors (Lipinski definition) is 3. The molecule has 4 heteroatoms. The van der Waals surface area contributed by atoms with Crippen LogP contribution in [-0.4, -0.2) is 48.3 Å². The molecule has 0 amide bonds. The second-order valence-corrected chi connectivity index (χ2v) is 3.67. The van der Waals surface area contributed by atoms with Gasteiger partial charge in [0, 0.05) is 12.6 Å². The van der Waals surface area contributed by atoms with Crippen molar-refractivity contribution in [3.05, 3.63) is 0 Å². The fourth-order valence-electron chi connectivity index (χ4n) is 1.88. The molecule has 1 aliphatic heterocycles. The Bertz CT molecular complexity index is 184. The highest BCUT2D eigenvalue weighted by molar-refractivity contribution is 5.69. The maximum atomic E-state index is 10.6. The molecular weight excluding hydrogens is 182 g/mol. The Morgan fingerprint density at radius 2 is 2.36 bits per heavy atom. The first-order chi connectivity index (χ1) is 6.74. The lowest BCUT2D eigenvalue weighted by Crippen LogP contribution is -2.44. The van der Waals surface area contributed by atoms with Crippen molar-refractivity contribution in [2.24, 2.45) is 0 Å². The van der Waals surface area contributed by atoms with Crippen LogP contribution in [0.15, 0.2) is 0 Å². The number of carboxylic acids is 1. The van der Waals surface area contributed by atoms with E-state index in [4.69, 9.17) is 9.84 Å². The van der Waals surface area contributed by atoms with Crippen molar-refractivity contribution < 1.29 is 14.6 Å². The summed E-state index contributed by atoms with van der Waals surface area (Å²) in [5.41, 5.74) is 0. The number of ether oxygens (including phenoxy) is 1. The summed E-state index contributed by atoms with van der Waals surface area (Å²) in [7, 11) is 0. The molecule has 0 radical (unpaired) electrons. The van der Waals surface area contributed by atoms with E-state index in [-0.39, 0.29) is 6.54 Å². The van der Waals surface area contributed by atoms with Crippen molar-refractivity contribution in [2.75, 3.05) is 26.3 Å². The second-order valence-electron chi connectivity index (χ2n) is 3.67. The Labute approximate surface area is 84.8 Å². The molecule has 0 unspecified atom stereocenters. The van der Waals surface area contributed by atoms with E-state index in [0.717, 1.165) is 19.4 Å². The second kappa shape index (κ2) is 5.98. The first kappa shape index (κ1) is 11.5. The average Bonchev–Trinajstić information content (AvgIpc) is 2.16. The van der Waals surface area contributed by atoms with Crippen LogP contribution in [0, 0.1) is 0 Å². The Morgan fingerprint density at radius 1 is 1.57 bits per heavy atom. The maximum Gasteiger partial charge on any atom is 0.317 e. The van der Waals surface area contributed by atoms with E-state index in [9.17, 15) is 4.79 Å². The first-order valence-corrected chi connectivity index (χ1v) is 5.27.